The van der Waals surface area contributed by atoms with Gasteiger partial charge in [-0.2, -0.15) is 0 Å². The van der Waals surface area contributed by atoms with Gasteiger partial charge in [0.1, 0.15) is 0 Å². The van der Waals surface area contributed by atoms with Gasteiger partial charge in [0.15, 0.2) is 0 Å². The fourth-order valence-corrected chi connectivity index (χ4v) is 3.54. The van der Waals surface area contributed by atoms with Gasteiger partial charge >= 0.3 is 0 Å². The zero-order valence-corrected chi connectivity index (χ0v) is 15.9. The molecular weight excluding hydrogens is 349 g/mol. The number of hydrogen-bond donors (Lipinski definition) is 1. The Kier molecular flexibility index (Phi) is 7.80. The molecule has 0 radical (unpaired) electrons. The fraction of sp³-hybridized carbons (Fsp3) is 0.588. The number of amides is 1. The number of morpholine rings is 1. The predicted molar refractivity (Wildman–Crippen MR) is 101 cm³/mol. The number of likely N-dealkylation sites (tertiary alicyclic amines) is 1. The normalized spacial score (nSPS) is 24.2. The van der Waals surface area contributed by atoms with Crippen molar-refractivity contribution in [2.45, 2.75) is 19.9 Å². The van der Waals surface area contributed by atoms with Crippen molar-refractivity contribution < 1.29 is 9.53 Å². The molecule has 0 saturated carbocycles. The zero-order valence-electron chi connectivity index (χ0n) is 14.2. The highest BCUT2D eigenvalue weighted by Crippen LogP contribution is 2.25. The molecule has 0 spiro atoms. The summed E-state index contributed by atoms with van der Waals surface area (Å²) in [5, 5.41) is 0. The van der Waals surface area contributed by atoms with E-state index in [0.717, 1.165) is 50.5 Å². The molecule has 2 heterocycles. The summed E-state index contributed by atoms with van der Waals surface area (Å²) in [6.45, 7) is 9.34. The number of aryl methyl sites for hydroxylation is 1. The number of ether oxygens (including phenoxy) is 1. The molecule has 0 aliphatic carbocycles. The van der Waals surface area contributed by atoms with E-state index in [9.17, 15) is 4.79 Å². The van der Waals surface area contributed by atoms with Crippen molar-refractivity contribution in [1.82, 2.24) is 9.80 Å². The first kappa shape index (κ1) is 21.0. The molecule has 2 N–H and O–H groups in total. The van der Waals surface area contributed by atoms with Crippen molar-refractivity contribution in [3.05, 3.63) is 29.3 Å². The Balaban J connectivity index is 0.00000144. The summed E-state index contributed by atoms with van der Waals surface area (Å²) in [7, 11) is 0. The molecule has 2 unspecified atom stereocenters. The summed E-state index contributed by atoms with van der Waals surface area (Å²) >= 11 is 0. The maximum Gasteiger partial charge on any atom is 0.254 e. The maximum atomic E-state index is 12.8. The van der Waals surface area contributed by atoms with Crippen molar-refractivity contribution in [1.29, 1.82) is 0 Å². The number of nitrogens with zero attached hydrogens (tertiary/aromatic N) is 2. The van der Waals surface area contributed by atoms with Crippen LogP contribution < -0.4 is 5.73 Å². The first-order valence-electron chi connectivity index (χ1n) is 8.03. The fourth-order valence-electron chi connectivity index (χ4n) is 3.54. The van der Waals surface area contributed by atoms with Crippen molar-refractivity contribution in [3.8, 4) is 0 Å². The standard InChI is InChI=1S/C17H25N3O2.2ClH/c1-12-3-4-14(18)9-15(12)17(21)20-10-13(2)16(11-20)19-5-7-22-8-6-19;;/h3-4,9,13,16H,5-8,10-11,18H2,1-2H3;2*1H. The van der Waals surface area contributed by atoms with Crippen LogP contribution in [0, 0.1) is 12.8 Å². The number of hydrogen-bond acceptors (Lipinski definition) is 4. The van der Waals surface area contributed by atoms with Crippen LogP contribution in [0.3, 0.4) is 0 Å². The number of benzene rings is 1. The number of halogens is 2. The molecule has 136 valence electrons. The molecule has 2 atom stereocenters. The van der Waals surface area contributed by atoms with Crippen LogP contribution >= 0.6 is 24.8 Å². The van der Waals surface area contributed by atoms with E-state index >= 15 is 0 Å². The summed E-state index contributed by atoms with van der Waals surface area (Å²) in [5.74, 6) is 0.593. The minimum atomic E-state index is 0. The molecule has 3 rings (SSSR count). The van der Waals surface area contributed by atoms with Crippen LogP contribution in [0.2, 0.25) is 0 Å². The Morgan fingerprint density at radius 1 is 1.21 bits per heavy atom. The van der Waals surface area contributed by atoms with E-state index < -0.39 is 0 Å². The number of carbonyl (C=O) groups excluding carboxylic acids is 1. The van der Waals surface area contributed by atoms with E-state index in [1.807, 2.05) is 24.0 Å². The molecule has 7 heteroatoms. The molecule has 2 aliphatic rings. The molecule has 1 aromatic rings. The minimum Gasteiger partial charge on any atom is -0.399 e. The highest BCUT2D eigenvalue weighted by molar-refractivity contribution is 5.96. The van der Waals surface area contributed by atoms with E-state index in [1.54, 1.807) is 6.07 Å². The van der Waals surface area contributed by atoms with Gasteiger partial charge < -0.3 is 15.4 Å². The lowest BCUT2D eigenvalue weighted by Gasteiger charge is -2.34. The van der Waals surface area contributed by atoms with E-state index in [4.69, 9.17) is 10.5 Å². The molecule has 2 saturated heterocycles. The largest absolute Gasteiger partial charge is 0.399 e. The minimum absolute atomic E-state index is 0. The van der Waals surface area contributed by atoms with E-state index in [0.29, 0.717) is 17.6 Å². The van der Waals surface area contributed by atoms with Crippen LogP contribution in [0.1, 0.15) is 22.8 Å². The molecule has 5 nitrogen and oxygen atoms in total. The molecule has 1 amide bonds. The highest BCUT2D eigenvalue weighted by Gasteiger charge is 2.37. The zero-order chi connectivity index (χ0) is 15.7. The van der Waals surface area contributed by atoms with E-state index in [1.165, 1.54) is 0 Å². The molecule has 0 aromatic heterocycles. The predicted octanol–water partition coefficient (Wildman–Crippen LogP) is 2.21. The van der Waals surface area contributed by atoms with Crippen LogP contribution in [0.5, 0.6) is 0 Å². The molecular formula is C17H27Cl2N3O2. The van der Waals surface area contributed by atoms with Crippen molar-refractivity contribution in [3.63, 3.8) is 0 Å². The number of rotatable bonds is 2. The maximum absolute atomic E-state index is 12.8. The van der Waals surface area contributed by atoms with Crippen molar-refractivity contribution in [2.75, 3.05) is 45.1 Å². The van der Waals surface area contributed by atoms with E-state index in [2.05, 4.69) is 11.8 Å². The van der Waals surface area contributed by atoms with Gasteiger partial charge in [0.05, 0.1) is 13.2 Å². The highest BCUT2D eigenvalue weighted by atomic mass is 35.5. The monoisotopic (exact) mass is 375 g/mol. The Bertz CT molecular complexity index is 565. The second-order valence-electron chi connectivity index (χ2n) is 6.48. The van der Waals surface area contributed by atoms with Crippen LogP contribution in [-0.2, 0) is 4.74 Å². The summed E-state index contributed by atoms with van der Waals surface area (Å²) < 4.78 is 5.43. The van der Waals surface area contributed by atoms with Gasteiger partial charge in [-0.05, 0) is 30.5 Å². The third kappa shape index (κ3) is 4.33. The molecule has 24 heavy (non-hydrogen) atoms. The van der Waals surface area contributed by atoms with Gasteiger partial charge in [-0.1, -0.05) is 13.0 Å². The second kappa shape index (κ2) is 8.90. The average molecular weight is 376 g/mol. The van der Waals surface area contributed by atoms with Crippen LogP contribution in [0.4, 0.5) is 5.69 Å². The van der Waals surface area contributed by atoms with Gasteiger partial charge in [0.25, 0.3) is 5.91 Å². The van der Waals surface area contributed by atoms with Gasteiger partial charge in [0.2, 0.25) is 0 Å². The van der Waals surface area contributed by atoms with Crippen molar-refractivity contribution in [2.24, 2.45) is 5.92 Å². The van der Waals surface area contributed by atoms with Gasteiger partial charge in [0, 0.05) is 43.5 Å². The third-order valence-electron chi connectivity index (χ3n) is 4.87. The molecule has 2 aliphatic heterocycles. The number of nitrogen functional groups attached to an aromatic ring is 1. The smallest absolute Gasteiger partial charge is 0.254 e. The van der Waals surface area contributed by atoms with Gasteiger partial charge in [-0.15, -0.1) is 24.8 Å². The number of carbonyl (C=O) groups is 1. The lowest BCUT2D eigenvalue weighted by Crippen LogP contribution is -2.47. The average Bonchev–Trinajstić information content (AvgIpc) is 2.92. The topological polar surface area (TPSA) is 58.8 Å². The molecule has 0 bridgehead atoms. The lowest BCUT2D eigenvalue weighted by atomic mass is 10.0. The summed E-state index contributed by atoms with van der Waals surface area (Å²) in [6.07, 6.45) is 0. The summed E-state index contributed by atoms with van der Waals surface area (Å²) in [5.41, 5.74) is 8.21. The second-order valence-corrected chi connectivity index (χ2v) is 6.48. The Hall–Kier alpha value is -1.01. The Morgan fingerprint density at radius 2 is 1.88 bits per heavy atom. The first-order chi connectivity index (χ1) is 10.6. The summed E-state index contributed by atoms with van der Waals surface area (Å²) in [4.78, 5) is 17.3. The quantitative estimate of drug-likeness (QED) is 0.805. The molecule has 1 aromatic carbocycles. The van der Waals surface area contributed by atoms with Gasteiger partial charge in [-0.3, -0.25) is 9.69 Å². The third-order valence-corrected chi connectivity index (χ3v) is 4.87. The van der Waals surface area contributed by atoms with Gasteiger partial charge in [-0.25, -0.2) is 0 Å². The Labute approximate surface area is 156 Å². The van der Waals surface area contributed by atoms with Crippen LogP contribution in [0.25, 0.3) is 0 Å². The Morgan fingerprint density at radius 3 is 2.54 bits per heavy atom. The first-order valence-corrected chi connectivity index (χ1v) is 8.03. The molecule has 2 fully saturated rings. The number of anilines is 1. The van der Waals surface area contributed by atoms with E-state index in [-0.39, 0.29) is 30.7 Å². The van der Waals surface area contributed by atoms with Crippen LogP contribution in [0.15, 0.2) is 18.2 Å². The van der Waals surface area contributed by atoms with Crippen molar-refractivity contribution >= 4 is 36.4 Å². The SMILES string of the molecule is Cc1ccc(N)cc1C(=O)N1CC(C)C(N2CCOCC2)C1.Cl.Cl. The number of nitrogens with two attached hydrogens (primary N) is 1. The summed E-state index contributed by atoms with van der Waals surface area (Å²) in [6, 6.07) is 6.00. The lowest BCUT2D eigenvalue weighted by molar-refractivity contribution is 0.0119. The van der Waals surface area contributed by atoms with Crippen LogP contribution in [-0.4, -0.2) is 61.1 Å².